The summed E-state index contributed by atoms with van der Waals surface area (Å²) in [5.41, 5.74) is 4.65. The van der Waals surface area contributed by atoms with Gasteiger partial charge in [0.05, 0.1) is 12.6 Å². The maximum absolute atomic E-state index is 8.66. The van der Waals surface area contributed by atoms with E-state index in [1.54, 1.807) is 17.7 Å². The Bertz CT molecular complexity index is 376. The molecule has 5 heteroatoms. The minimum absolute atomic E-state index is 0.270. The fraction of sp³-hybridized carbons (Fsp3) is 0.375. The second-order valence-electron chi connectivity index (χ2n) is 3.02. The lowest BCUT2D eigenvalue weighted by atomic mass is 10.1. The van der Waals surface area contributed by atoms with Gasteiger partial charge in [0.15, 0.2) is 0 Å². The average Bonchev–Trinajstić information content (AvgIpc) is 2.51. The molecule has 0 amide bonds. The molecular formula is C8H9N5. The molecule has 0 aliphatic carbocycles. The topological polar surface area (TPSA) is 91.4 Å². The lowest BCUT2D eigenvalue weighted by Gasteiger charge is -2.15. The molecule has 0 fully saturated rings. The third kappa shape index (κ3) is 2.05. The molecule has 0 aliphatic rings. The van der Waals surface area contributed by atoms with E-state index in [-0.39, 0.29) is 12.4 Å². The summed E-state index contributed by atoms with van der Waals surface area (Å²) in [5, 5.41) is 17.3. The summed E-state index contributed by atoms with van der Waals surface area (Å²) in [5.74, 6) is 0.270. The van der Waals surface area contributed by atoms with Crippen molar-refractivity contribution in [2.24, 2.45) is 5.73 Å². The number of hydrogen-bond acceptors (Lipinski definition) is 4. The molecule has 1 unspecified atom stereocenters. The minimum Gasteiger partial charge on any atom is -0.320 e. The van der Waals surface area contributed by atoms with Crippen LogP contribution < -0.4 is 5.73 Å². The van der Waals surface area contributed by atoms with Crippen molar-refractivity contribution in [2.45, 2.75) is 19.0 Å². The van der Waals surface area contributed by atoms with Gasteiger partial charge in [-0.3, -0.25) is 0 Å². The van der Waals surface area contributed by atoms with Crippen molar-refractivity contribution >= 4 is 0 Å². The number of nitrogens with two attached hydrogens (primary N) is 1. The van der Waals surface area contributed by atoms with E-state index in [2.05, 4.69) is 4.98 Å². The van der Waals surface area contributed by atoms with Gasteiger partial charge in [0, 0.05) is 12.4 Å². The first-order valence-electron chi connectivity index (χ1n) is 3.70. The Morgan fingerprint density at radius 2 is 2.38 bits per heavy atom. The number of nitrogens with zero attached hydrogens (tertiary/aromatic N) is 4. The minimum atomic E-state index is -0.966. The molecule has 0 aromatic carbocycles. The lowest BCUT2D eigenvalue weighted by Crippen LogP contribution is -2.39. The molecule has 0 aliphatic heterocycles. The van der Waals surface area contributed by atoms with E-state index in [0.29, 0.717) is 0 Å². The van der Waals surface area contributed by atoms with E-state index in [1.807, 2.05) is 12.1 Å². The number of aromatic nitrogens is 2. The number of nitriles is 2. The molecule has 5 nitrogen and oxygen atoms in total. The average molecular weight is 175 g/mol. The van der Waals surface area contributed by atoms with Crippen LogP contribution in [0.25, 0.3) is 0 Å². The molecule has 1 aromatic heterocycles. The van der Waals surface area contributed by atoms with Crippen LogP contribution in [0, 0.1) is 22.7 Å². The van der Waals surface area contributed by atoms with E-state index in [4.69, 9.17) is 16.3 Å². The molecule has 0 saturated heterocycles. The van der Waals surface area contributed by atoms with E-state index in [0.717, 1.165) is 0 Å². The number of hydrogen-bond donors (Lipinski definition) is 1. The molecule has 0 radical (unpaired) electrons. The monoisotopic (exact) mass is 175 g/mol. The first-order valence-corrected chi connectivity index (χ1v) is 3.70. The van der Waals surface area contributed by atoms with Crippen LogP contribution in [-0.4, -0.2) is 15.1 Å². The van der Waals surface area contributed by atoms with Crippen LogP contribution in [0.2, 0.25) is 0 Å². The van der Waals surface area contributed by atoms with Crippen LogP contribution in [0.4, 0.5) is 0 Å². The van der Waals surface area contributed by atoms with Crippen LogP contribution in [0.5, 0.6) is 0 Å². The molecule has 2 N–H and O–H groups in total. The van der Waals surface area contributed by atoms with Gasteiger partial charge in [-0.15, -0.1) is 0 Å². The Balaban J connectivity index is 2.89. The Kier molecular flexibility index (Phi) is 2.32. The molecule has 0 bridgehead atoms. The first-order chi connectivity index (χ1) is 6.09. The summed E-state index contributed by atoms with van der Waals surface area (Å²) in [6.45, 7) is 1.88. The molecule has 1 aromatic rings. The Morgan fingerprint density at radius 3 is 2.92 bits per heavy atom. The van der Waals surface area contributed by atoms with Crippen molar-refractivity contribution in [3.05, 3.63) is 18.2 Å². The predicted octanol–water partition coefficient (Wildman–Crippen LogP) is -0.00424. The van der Waals surface area contributed by atoms with Gasteiger partial charge in [0.2, 0.25) is 5.82 Å². The van der Waals surface area contributed by atoms with Gasteiger partial charge in [0.1, 0.15) is 11.6 Å². The molecule has 1 atom stereocenters. The molecule has 0 saturated carbocycles. The standard InChI is InChI=1S/C8H9N5/c1-8(11,5-10)6-13-3-2-12-7(13)4-9/h2-3H,6,11H2,1H3. The quantitative estimate of drug-likeness (QED) is 0.684. The highest BCUT2D eigenvalue weighted by atomic mass is 15.1. The van der Waals surface area contributed by atoms with E-state index in [9.17, 15) is 0 Å². The zero-order valence-electron chi connectivity index (χ0n) is 7.23. The normalized spacial score (nSPS) is 14.2. The van der Waals surface area contributed by atoms with E-state index in [1.165, 1.54) is 6.20 Å². The lowest BCUT2D eigenvalue weighted by molar-refractivity contribution is 0.489. The summed E-state index contributed by atoms with van der Waals surface area (Å²) >= 11 is 0. The van der Waals surface area contributed by atoms with Gasteiger partial charge < -0.3 is 10.3 Å². The predicted molar refractivity (Wildman–Crippen MR) is 45.1 cm³/mol. The summed E-state index contributed by atoms with van der Waals surface area (Å²) in [6.07, 6.45) is 3.13. The second-order valence-corrected chi connectivity index (χ2v) is 3.02. The SMILES string of the molecule is CC(N)(C#N)Cn1ccnc1C#N. The van der Waals surface area contributed by atoms with Gasteiger partial charge in [0.25, 0.3) is 0 Å². The maximum Gasteiger partial charge on any atom is 0.212 e. The van der Waals surface area contributed by atoms with E-state index < -0.39 is 5.54 Å². The molecule has 1 rings (SSSR count). The third-order valence-electron chi connectivity index (χ3n) is 1.57. The smallest absolute Gasteiger partial charge is 0.212 e. The summed E-state index contributed by atoms with van der Waals surface area (Å²) in [7, 11) is 0. The van der Waals surface area contributed by atoms with Crippen LogP contribution in [0.15, 0.2) is 12.4 Å². The van der Waals surface area contributed by atoms with Crippen molar-refractivity contribution in [3.63, 3.8) is 0 Å². The fourth-order valence-corrected chi connectivity index (χ4v) is 0.939. The van der Waals surface area contributed by atoms with Crippen LogP contribution in [0.1, 0.15) is 12.7 Å². The van der Waals surface area contributed by atoms with Crippen molar-refractivity contribution in [1.82, 2.24) is 9.55 Å². The van der Waals surface area contributed by atoms with Gasteiger partial charge in [-0.2, -0.15) is 10.5 Å². The van der Waals surface area contributed by atoms with Gasteiger partial charge in [-0.1, -0.05) is 0 Å². The Morgan fingerprint density at radius 1 is 1.69 bits per heavy atom. The van der Waals surface area contributed by atoms with Crippen LogP contribution in [-0.2, 0) is 6.54 Å². The highest BCUT2D eigenvalue weighted by molar-refractivity contribution is 5.13. The van der Waals surface area contributed by atoms with Crippen molar-refractivity contribution in [2.75, 3.05) is 0 Å². The van der Waals surface area contributed by atoms with E-state index >= 15 is 0 Å². The van der Waals surface area contributed by atoms with Crippen LogP contribution >= 0.6 is 0 Å². The highest BCUT2D eigenvalue weighted by Crippen LogP contribution is 2.04. The third-order valence-corrected chi connectivity index (χ3v) is 1.57. The van der Waals surface area contributed by atoms with Gasteiger partial charge in [-0.05, 0) is 6.92 Å². The van der Waals surface area contributed by atoms with Crippen LogP contribution in [0.3, 0.4) is 0 Å². The molecule has 1 heterocycles. The molecule has 66 valence electrons. The fourth-order valence-electron chi connectivity index (χ4n) is 0.939. The highest BCUT2D eigenvalue weighted by Gasteiger charge is 2.19. The number of imidazole rings is 1. The van der Waals surface area contributed by atoms with Crippen molar-refractivity contribution in [3.8, 4) is 12.1 Å². The largest absolute Gasteiger partial charge is 0.320 e. The summed E-state index contributed by atoms with van der Waals surface area (Å²) in [4.78, 5) is 3.79. The molecule has 0 spiro atoms. The zero-order valence-corrected chi connectivity index (χ0v) is 7.23. The number of rotatable bonds is 2. The zero-order chi connectivity index (χ0) is 9.90. The molecule has 13 heavy (non-hydrogen) atoms. The second kappa shape index (κ2) is 3.26. The Hall–Kier alpha value is -1.85. The molecular weight excluding hydrogens is 166 g/mol. The first kappa shape index (κ1) is 9.24. The Labute approximate surface area is 76.0 Å². The maximum atomic E-state index is 8.66. The van der Waals surface area contributed by atoms with Gasteiger partial charge in [-0.25, -0.2) is 4.98 Å². The van der Waals surface area contributed by atoms with Crippen molar-refractivity contribution in [1.29, 1.82) is 10.5 Å². The van der Waals surface area contributed by atoms with Crippen molar-refractivity contribution < 1.29 is 0 Å². The van der Waals surface area contributed by atoms with Gasteiger partial charge >= 0.3 is 0 Å². The summed E-state index contributed by atoms with van der Waals surface area (Å²) in [6, 6.07) is 3.86. The summed E-state index contributed by atoms with van der Waals surface area (Å²) < 4.78 is 1.56.